The number of carbonyl (C=O) groups excluding carboxylic acids is 2. The predicted octanol–water partition coefficient (Wildman–Crippen LogP) is 4.57. The Hall–Kier alpha value is -2.88. The molecule has 0 bridgehead atoms. The first-order valence-corrected chi connectivity index (χ1v) is 10.4. The van der Waals surface area contributed by atoms with Gasteiger partial charge in [-0.2, -0.15) is 0 Å². The Morgan fingerprint density at radius 1 is 0.828 bits per heavy atom. The van der Waals surface area contributed by atoms with Crippen molar-refractivity contribution in [3.05, 3.63) is 70.9 Å². The molecular weight excluding hydrogens is 360 g/mol. The minimum absolute atomic E-state index is 0.210. The quantitative estimate of drug-likeness (QED) is 0.724. The predicted molar refractivity (Wildman–Crippen MR) is 116 cm³/mol. The van der Waals surface area contributed by atoms with Gasteiger partial charge in [0.25, 0.3) is 11.8 Å². The minimum atomic E-state index is -0.231. The van der Waals surface area contributed by atoms with Crippen molar-refractivity contribution in [2.45, 2.75) is 34.1 Å². The summed E-state index contributed by atoms with van der Waals surface area (Å²) in [4.78, 5) is 30.7. The van der Waals surface area contributed by atoms with Crippen molar-refractivity contribution in [1.29, 1.82) is 0 Å². The zero-order valence-corrected chi connectivity index (χ0v) is 17.6. The fourth-order valence-electron chi connectivity index (χ4n) is 4.62. The molecule has 4 heteroatoms. The number of benzene rings is 2. The van der Waals surface area contributed by atoms with E-state index in [9.17, 15) is 9.59 Å². The van der Waals surface area contributed by atoms with Gasteiger partial charge < -0.3 is 4.90 Å². The number of nitrogens with zero attached hydrogens (tertiary/aromatic N) is 2. The lowest BCUT2D eigenvalue weighted by molar-refractivity contribution is -0.120. The van der Waals surface area contributed by atoms with Crippen molar-refractivity contribution < 1.29 is 9.59 Å². The third-order valence-corrected chi connectivity index (χ3v) is 6.06. The van der Waals surface area contributed by atoms with E-state index < -0.39 is 0 Å². The van der Waals surface area contributed by atoms with Gasteiger partial charge in [0, 0.05) is 13.1 Å². The fourth-order valence-corrected chi connectivity index (χ4v) is 4.62. The maximum atomic E-state index is 13.6. The fraction of sp³-hybridized carbons (Fsp3) is 0.360. The topological polar surface area (TPSA) is 40.6 Å². The van der Waals surface area contributed by atoms with Crippen LogP contribution in [0.15, 0.2) is 54.2 Å². The van der Waals surface area contributed by atoms with Crippen LogP contribution in [0.25, 0.3) is 5.57 Å². The summed E-state index contributed by atoms with van der Waals surface area (Å²) in [6.07, 6.45) is 1.15. The van der Waals surface area contributed by atoms with Gasteiger partial charge in [-0.05, 0) is 60.9 Å². The van der Waals surface area contributed by atoms with Gasteiger partial charge in [-0.1, -0.05) is 50.2 Å². The molecule has 0 aliphatic carbocycles. The van der Waals surface area contributed by atoms with Crippen molar-refractivity contribution in [3.63, 3.8) is 0 Å². The number of imide groups is 1. The van der Waals surface area contributed by atoms with Gasteiger partial charge in [0.2, 0.25) is 0 Å². The second kappa shape index (κ2) is 7.51. The van der Waals surface area contributed by atoms with Crippen LogP contribution < -0.4 is 4.90 Å². The van der Waals surface area contributed by atoms with Crippen molar-refractivity contribution in [3.8, 4) is 0 Å². The molecule has 2 unspecified atom stereocenters. The molecule has 4 nitrogen and oxygen atoms in total. The third kappa shape index (κ3) is 3.48. The van der Waals surface area contributed by atoms with E-state index >= 15 is 0 Å². The van der Waals surface area contributed by atoms with Gasteiger partial charge >= 0.3 is 0 Å². The summed E-state index contributed by atoms with van der Waals surface area (Å²) in [6.45, 7) is 10.1. The highest BCUT2D eigenvalue weighted by Crippen LogP contribution is 2.37. The molecule has 4 rings (SSSR count). The summed E-state index contributed by atoms with van der Waals surface area (Å²) >= 11 is 0. The summed E-state index contributed by atoms with van der Waals surface area (Å²) in [5, 5.41) is 0. The molecule has 0 N–H and O–H groups in total. The lowest BCUT2D eigenvalue weighted by Gasteiger charge is -2.37. The normalized spacial score (nSPS) is 22.6. The summed E-state index contributed by atoms with van der Waals surface area (Å²) in [5.41, 5.74) is 4.73. The lowest BCUT2D eigenvalue weighted by atomic mass is 9.91. The molecule has 2 heterocycles. The van der Waals surface area contributed by atoms with Crippen molar-refractivity contribution in [2.75, 3.05) is 18.0 Å². The number of anilines is 1. The average Bonchev–Trinajstić information content (AvgIpc) is 2.94. The van der Waals surface area contributed by atoms with E-state index in [0.717, 1.165) is 36.2 Å². The zero-order chi connectivity index (χ0) is 20.7. The molecule has 2 aromatic carbocycles. The van der Waals surface area contributed by atoms with E-state index in [1.165, 1.54) is 4.90 Å². The van der Waals surface area contributed by atoms with Crippen molar-refractivity contribution >= 4 is 23.1 Å². The van der Waals surface area contributed by atoms with Crippen molar-refractivity contribution in [2.24, 2.45) is 11.8 Å². The Bertz CT molecular complexity index is 983. The monoisotopic (exact) mass is 388 g/mol. The first kappa shape index (κ1) is 19.4. The van der Waals surface area contributed by atoms with E-state index in [1.807, 2.05) is 62.4 Å². The van der Waals surface area contributed by atoms with Crippen LogP contribution in [0.4, 0.5) is 5.69 Å². The number of rotatable bonds is 3. The Labute approximate surface area is 172 Å². The standard InChI is InChI=1S/C25H28N2O2/c1-16-12-17(2)15-26(14-16)23-22(20-8-6-5-7-9-20)24(28)27(25(23)29)21-11-10-18(3)19(4)13-21/h5-11,13,16-17H,12,14-15H2,1-4H3. The lowest BCUT2D eigenvalue weighted by Crippen LogP contribution is -2.42. The van der Waals surface area contributed by atoms with E-state index in [0.29, 0.717) is 28.8 Å². The molecule has 1 saturated heterocycles. The largest absolute Gasteiger partial charge is 0.366 e. The van der Waals surface area contributed by atoms with Crippen LogP contribution in [0.2, 0.25) is 0 Å². The summed E-state index contributed by atoms with van der Waals surface area (Å²) in [6, 6.07) is 15.4. The highest BCUT2D eigenvalue weighted by molar-refractivity contribution is 6.45. The Balaban J connectivity index is 1.83. The maximum Gasteiger partial charge on any atom is 0.282 e. The molecular formula is C25H28N2O2. The van der Waals surface area contributed by atoms with Crippen LogP contribution in [0.1, 0.15) is 37.0 Å². The van der Waals surface area contributed by atoms with Gasteiger partial charge in [-0.3, -0.25) is 9.59 Å². The maximum absolute atomic E-state index is 13.6. The number of hydrogen-bond acceptors (Lipinski definition) is 3. The number of carbonyl (C=O) groups is 2. The second-order valence-electron chi connectivity index (χ2n) is 8.65. The molecule has 0 radical (unpaired) electrons. The Kier molecular flexibility index (Phi) is 5.03. The van der Waals surface area contributed by atoms with Gasteiger partial charge in [0.1, 0.15) is 5.70 Å². The minimum Gasteiger partial charge on any atom is -0.366 e. The Morgan fingerprint density at radius 2 is 1.48 bits per heavy atom. The molecule has 0 aromatic heterocycles. The number of likely N-dealkylation sites (tertiary alicyclic amines) is 1. The van der Waals surface area contributed by atoms with Gasteiger partial charge in [-0.25, -0.2) is 4.90 Å². The highest BCUT2D eigenvalue weighted by Gasteiger charge is 2.43. The van der Waals surface area contributed by atoms with Crippen LogP contribution in [0.3, 0.4) is 0 Å². The molecule has 2 atom stereocenters. The molecule has 2 aliphatic heterocycles. The van der Waals surface area contributed by atoms with E-state index in [2.05, 4.69) is 18.7 Å². The molecule has 0 spiro atoms. The van der Waals surface area contributed by atoms with Crippen molar-refractivity contribution in [1.82, 2.24) is 4.90 Å². The molecule has 0 saturated carbocycles. The molecule has 29 heavy (non-hydrogen) atoms. The van der Waals surface area contributed by atoms with Gasteiger partial charge in [0.15, 0.2) is 0 Å². The molecule has 2 aliphatic rings. The number of piperidine rings is 1. The van der Waals surface area contributed by atoms with Crippen LogP contribution in [0, 0.1) is 25.7 Å². The number of aryl methyl sites for hydroxylation is 2. The van der Waals surface area contributed by atoms with Gasteiger partial charge in [-0.15, -0.1) is 0 Å². The van der Waals surface area contributed by atoms with Crippen LogP contribution in [-0.4, -0.2) is 29.8 Å². The smallest absolute Gasteiger partial charge is 0.282 e. The summed E-state index contributed by atoms with van der Waals surface area (Å²) < 4.78 is 0. The second-order valence-corrected chi connectivity index (χ2v) is 8.65. The summed E-state index contributed by atoms with van der Waals surface area (Å²) in [7, 11) is 0. The zero-order valence-electron chi connectivity index (χ0n) is 17.6. The molecule has 2 aromatic rings. The van der Waals surface area contributed by atoms with E-state index in [-0.39, 0.29) is 11.8 Å². The number of amides is 2. The first-order valence-electron chi connectivity index (χ1n) is 10.4. The summed E-state index contributed by atoms with van der Waals surface area (Å²) in [5.74, 6) is 0.535. The first-order chi connectivity index (χ1) is 13.9. The molecule has 1 fully saturated rings. The van der Waals surface area contributed by atoms with Crippen LogP contribution in [-0.2, 0) is 9.59 Å². The SMILES string of the molecule is Cc1ccc(N2C(=O)C(c3ccccc3)=C(N3CC(C)CC(C)C3)C2=O)cc1C. The number of hydrogen-bond donors (Lipinski definition) is 0. The Morgan fingerprint density at radius 3 is 2.10 bits per heavy atom. The van der Waals surface area contributed by atoms with Crippen LogP contribution >= 0.6 is 0 Å². The van der Waals surface area contributed by atoms with E-state index in [4.69, 9.17) is 0 Å². The highest BCUT2D eigenvalue weighted by atomic mass is 16.2. The molecule has 150 valence electrons. The molecule has 2 amide bonds. The van der Waals surface area contributed by atoms with Crippen LogP contribution in [0.5, 0.6) is 0 Å². The van der Waals surface area contributed by atoms with Gasteiger partial charge in [0.05, 0.1) is 11.3 Å². The van der Waals surface area contributed by atoms with E-state index in [1.54, 1.807) is 0 Å². The average molecular weight is 389 g/mol. The third-order valence-electron chi connectivity index (χ3n) is 6.06.